The molecule has 0 bridgehead atoms. The highest BCUT2D eigenvalue weighted by Crippen LogP contribution is 2.30. The molecular formula is C21H23N3O6S. The number of hydrogen-bond acceptors (Lipinski definition) is 6. The van der Waals surface area contributed by atoms with Gasteiger partial charge in [0.2, 0.25) is 17.7 Å². The molecule has 3 amide bonds. The van der Waals surface area contributed by atoms with Crippen molar-refractivity contribution in [1.82, 2.24) is 4.31 Å². The summed E-state index contributed by atoms with van der Waals surface area (Å²) in [5, 5.41) is 5.24. The molecule has 1 fully saturated rings. The molecule has 0 aliphatic carbocycles. The van der Waals surface area contributed by atoms with Crippen LogP contribution in [0.2, 0.25) is 0 Å². The second kappa shape index (κ2) is 8.76. The summed E-state index contributed by atoms with van der Waals surface area (Å²) in [7, 11) is -2.76. The Morgan fingerprint density at radius 3 is 2.39 bits per heavy atom. The van der Waals surface area contributed by atoms with Crippen molar-refractivity contribution in [3.8, 4) is 5.75 Å². The minimum Gasteiger partial charge on any atom is -0.496 e. The van der Waals surface area contributed by atoms with Gasteiger partial charge in [0.25, 0.3) is 10.0 Å². The van der Waals surface area contributed by atoms with Crippen molar-refractivity contribution in [2.75, 3.05) is 17.7 Å². The van der Waals surface area contributed by atoms with Gasteiger partial charge in [0.15, 0.2) is 0 Å². The first-order chi connectivity index (χ1) is 14.6. The number of carbonyl (C=O) groups is 3. The second-order valence-electron chi connectivity index (χ2n) is 7.13. The molecule has 9 nitrogen and oxygen atoms in total. The van der Waals surface area contributed by atoms with Gasteiger partial charge in [0, 0.05) is 24.7 Å². The summed E-state index contributed by atoms with van der Waals surface area (Å²) < 4.78 is 32.2. The number of aryl methyl sites for hydroxylation is 1. The van der Waals surface area contributed by atoms with E-state index in [1.54, 1.807) is 31.2 Å². The van der Waals surface area contributed by atoms with Crippen LogP contribution in [0, 0.1) is 6.92 Å². The number of amides is 3. The smallest absolute Gasteiger partial charge is 0.267 e. The lowest BCUT2D eigenvalue weighted by molar-refractivity contribution is -0.128. The first-order valence-electron chi connectivity index (χ1n) is 9.54. The maximum atomic E-state index is 13.2. The number of nitrogens with zero attached hydrogens (tertiary/aromatic N) is 1. The van der Waals surface area contributed by atoms with Crippen molar-refractivity contribution in [3.05, 3.63) is 48.0 Å². The van der Waals surface area contributed by atoms with Gasteiger partial charge in [0.1, 0.15) is 11.8 Å². The molecule has 2 N–H and O–H groups in total. The fourth-order valence-electron chi connectivity index (χ4n) is 3.43. The van der Waals surface area contributed by atoms with Crippen LogP contribution in [0.1, 0.15) is 25.3 Å². The highest BCUT2D eigenvalue weighted by Gasteiger charge is 2.44. The van der Waals surface area contributed by atoms with Crippen LogP contribution in [-0.2, 0) is 24.4 Å². The number of sulfonamides is 1. The van der Waals surface area contributed by atoms with Crippen LogP contribution in [0.4, 0.5) is 11.4 Å². The molecule has 1 aliphatic heterocycles. The number of hydrogen-bond donors (Lipinski definition) is 2. The summed E-state index contributed by atoms with van der Waals surface area (Å²) in [6.07, 6.45) is 0.0167. The fourth-order valence-corrected chi connectivity index (χ4v) is 5.12. The van der Waals surface area contributed by atoms with Crippen molar-refractivity contribution >= 4 is 39.1 Å². The van der Waals surface area contributed by atoms with Crippen LogP contribution in [0.15, 0.2) is 47.4 Å². The Balaban J connectivity index is 1.86. The first kappa shape index (κ1) is 22.3. The lowest BCUT2D eigenvalue weighted by Crippen LogP contribution is -2.45. The summed E-state index contributed by atoms with van der Waals surface area (Å²) in [6, 6.07) is 9.52. The van der Waals surface area contributed by atoms with Crippen LogP contribution in [0.25, 0.3) is 0 Å². The largest absolute Gasteiger partial charge is 0.496 e. The summed E-state index contributed by atoms with van der Waals surface area (Å²) in [5.74, 6) is -1.02. The van der Waals surface area contributed by atoms with Gasteiger partial charge in [-0.15, -0.1) is 0 Å². The van der Waals surface area contributed by atoms with E-state index in [0.717, 1.165) is 0 Å². The van der Waals surface area contributed by atoms with Crippen molar-refractivity contribution < 1.29 is 27.5 Å². The Hall–Kier alpha value is -3.40. The van der Waals surface area contributed by atoms with Crippen molar-refractivity contribution in [2.45, 2.75) is 37.6 Å². The highest BCUT2D eigenvalue weighted by molar-refractivity contribution is 7.89. The Bertz CT molecular complexity index is 1150. The minimum absolute atomic E-state index is 0.0572. The van der Waals surface area contributed by atoms with E-state index < -0.39 is 27.9 Å². The van der Waals surface area contributed by atoms with E-state index in [2.05, 4.69) is 10.6 Å². The van der Waals surface area contributed by atoms with Crippen molar-refractivity contribution in [1.29, 1.82) is 0 Å². The number of benzene rings is 2. The van der Waals surface area contributed by atoms with Crippen LogP contribution < -0.4 is 15.4 Å². The zero-order chi connectivity index (χ0) is 22.8. The molecule has 3 rings (SSSR count). The van der Waals surface area contributed by atoms with E-state index in [-0.39, 0.29) is 23.6 Å². The molecule has 0 unspecified atom stereocenters. The van der Waals surface area contributed by atoms with E-state index in [0.29, 0.717) is 27.0 Å². The maximum absolute atomic E-state index is 13.2. The van der Waals surface area contributed by atoms with Crippen LogP contribution >= 0.6 is 0 Å². The minimum atomic E-state index is -4.24. The second-order valence-corrected chi connectivity index (χ2v) is 8.95. The van der Waals surface area contributed by atoms with E-state index in [1.165, 1.54) is 32.2 Å². The average Bonchev–Trinajstić information content (AvgIpc) is 3.10. The third-order valence-corrected chi connectivity index (χ3v) is 6.66. The molecular weight excluding hydrogens is 422 g/mol. The van der Waals surface area contributed by atoms with Crippen LogP contribution in [0.5, 0.6) is 5.75 Å². The molecule has 1 aliphatic rings. The monoisotopic (exact) mass is 445 g/mol. The van der Waals surface area contributed by atoms with E-state index in [9.17, 15) is 22.8 Å². The topological polar surface area (TPSA) is 122 Å². The van der Waals surface area contributed by atoms with Crippen LogP contribution in [-0.4, -0.2) is 43.6 Å². The molecule has 2 aromatic rings. The van der Waals surface area contributed by atoms with Gasteiger partial charge >= 0.3 is 0 Å². The summed E-state index contributed by atoms with van der Waals surface area (Å²) in [4.78, 5) is 36.4. The SMILES string of the molecule is COc1ccc(S(=O)(=O)N2C(=O)CC[C@@H]2C(=O)Nc2cccc(NC(C)=O)c2)cc1C. The van der Waals surface area contributed by atoms with Gasteiger partial charge in [0.05, 0.1) is 12.0 Å². The number of ether oxygens (including phenoxy) is 1. The molecule has 31 heavy (non-hydrogen) atoms. The van der Waals surface area contributed by atoms with Gasteiger partial charge in [-0.25, -0.2) is 12.7 Å². The molecule has 164 valence electrons. The average molecular weight is 445 g/mol. The first-order valence-corrected chi connectivity index (χ1v) is 11.0. The van der Waals surface area contributed by atoms with Crippen molar-refractivity contribution in [2.24, 2.45) is 0 Å². The zero-order valence-electron chi connectivity index (χ0n) is 17.3. The van der Waals surface area contributed by atoms with Gasteiger partial charge in [-0.1, -0.05) is 6.07 Å². The lowest BCUT2D eigenvalue weighted by atomic mass is 10.2. The summed E-state index contributed by atoms with van der Waals surface area (Å²) >= 11 is 0. The predicted octanol–water partition coefficient (Wildman–Crippen LogP) is 2.28. The van der Waals surface area contributed by atoms with E-state index in [4.69, 9.17) is 4.74 Å². The molecule has 1 saturated heterocycles. The van der Waals surface area contributed by atoms with Crippen LogP contribution in [0.3, 0.4) is 0 Å². The third kappa shape index (κ3) is 4.69. The highest BCUT2D eigenvalue weighted by atomic mass is 32.2. The molecule has 0 saturated carbocycles. The van der Waals surface area contributed by atoms with E-state index >= 15 is 0 Å². The number of nitrogens with one attached hydrogen (secondary N) is 2. The molecule has 0 aromatic heterocycles. The van der Waals surface area contributed by atoms with Gasteiger partial charge in [-0.2, -0.15) is 0 Å². The zero-order valence-corrected chi connectivity index (χ0v) is 18.2. The Morgan fingerprint density at radius 1 is 1.10 bits per heavy atom. The lowest BCUT2D eigenvalue weighted by Gasteiger charge is -2.24. The molecule has 2 aromatic carbocycles. The normalized spacial score (nSPS) is 16.2. The molecule has 10 heteroatoms. The van der Waals surface area contributed by atoms with Gasteiger partial charge in [-0.05, 0) is 55.3 Å². The quantitative estimate of drug-likeness (QED) is 0.704. The fraction of sp³-hybridized carbons (Fsp3) is 0.286. The maximum Gasteiger partial charge on any atom is 0.267 e. The number of carbonyl (C=O) groups excluding carboxylic acids is 3. The Labute approximate surface area is 180 Å². The molecule has 0 spiro atoms. The standard InChI is InChI=1S/C21H23N3O6S/c1-13-11-17(7-9-19(13)30-3)31(28,29)24-18(8-10-20(24)26)21(27)23-16-6-4-5-15(12-16)22-14(2)25/h4-7,9,11-12,18H,8,10H2,1-3H3,(H,22,25)(H,23,27)/t18-/m1/s1. The third-order valence-electron chi connectivity index (χ3n) is 4.84. The summed E-state index contributed by atoms with van der Waals surface area (Å²) in [6.45, 7) is 3.05. The summed E-state index contributed by atoms with van der Waals surface area (Å²) in [5.41, 5.74) is 1.44. The Kier molecular flexibility index (Phi) is 6.30. The predicted molar refractivity (Wildman–Crippen MR) is 114 cm³/mol. The number of anilines is 2. The Morgan fingerprint density at radius 2 is 1.77 bits per heavy atom. The van der Waals surface area contributed by atoms with E-state index in [1.807, 2.05) is 0 Å². The number of rotatable bonds is 6. The molecule has 1 heterocycles. The van der Waals surface area contributed by atoms with Crippen molar-refractivity contribution in [3.63, 3.8) is 0 Å². The molecule has 0 radical (unpaired) electrons. The van der Waals surface area contributed by atoms with Gasteiger partial charge < -0.3 is 15.4 Å². The van der Waals surface area contributed by atoms with Gasteiger partial charge in [-0.3, -0.25) is 14.4 Å². The number of methoxy groups -OCH3 is 1. The molecule has 1 atom stereocenters.